The number of non-ortho nitro benzene ring substituents is 1. The molecule has 0 radical (unpaired) electrons. The second kappa shape index (κ2) is 6.01. The number of nitrogens with two attached hydrogens (primary N) is 1. The lowest BCUT2D eigenvalue weighted by atomic mass is 10.2. The Hall–Kier alpha value is -2.94. The van der Waals surface area contributed by atoms with Gasteiger partial charge in [0.15, 0.2) is 17.3 Å². The lowest BCUT2D eigenvalue weighted by molar-refractivity contribution is -0.385. The normalized spacial score (nSPS) is 10.2. The van der Waals surface area contributed by atoms with Gasteiger partial charge >= 0.3 is 5.91 Å². The molecule has 1 aromatic heterocycles. The minimum Gasteiger partial charge on any atom is -0.486 e. The van der Waals surface area contributed by atoms with Crippen LogP contribution < -0.4 is 16.0 Å². The monoisotopic (exact) mass is 295 g/mol. The highest BCUT2D eigenvalue weighted by Crippen LogP contribution is 2.24. The van der Waals surface area contributed by atoms with E-state index in [0.29, 0.717) is 5.56 Å². The summed E-state index contributed by atoms with van der Waals surface area (Å²) in [6.45, 7) is -0.159. The molecule has 0 bridgehead atoms. The molecule has 0 aliphatic heterocycles. The van der Waals surface area contributed by atoms with Crippen LogP contribution in [0.4, 0.5) is 10.1 Å². The van der Waals surface area contributed by atoms with Crippen LogP contribution in [0.15, 0.2) is 34.9 Å². The van der Waals surface area contributed by atoms with Gasteiger partial charge in [-0.15, -0.1) is 0 Å². The first kappa shape index (κ1) is 14.5. The molecule has 0 aliphatic rings. The second-order valence-electron chi connectivity index (χ2n) is 3.91. The van der Waals surface area contributed by atoms with Gasteiger partial charge in [-0.05, 0) is 12.1 Å². The number of carbonyl (C=O) groups excluding carboxylic acids is 1. The predicted molar refractivity (Wildman–Crippen MR) is 67.7 cm³/mol. The molecule has 3 N–H and O–H groups in total. The molecular weight excluding hydrogens is 285 g/mol. The molecule has 110 valence electrons. The van der Waals surface area contributed by atoms with Crippen LogP contribution in [0.3, 0.4) is 0 Å². The Morgan fingerprint density at radius 2 is 2.24 bits per heavy atom. The number of hydrogen-bond donors (Lipinski definition) is 2. The van der Waals surface area contributed by atoms with E-state index in [9.17, 15) is 19.3 Å². The summed E-state index contributed by atoms with van der Waals surface area (Å²) in [5.41, 5.74) is 1.87. The Morgan fingerprint density at radius 3 is 2.86 bits per heavy atom. The van der Waals surface area contributed by atoms with Gasteiger partial charge in [0.1, 0.15) is 6.61 Å². The lowest BCUT2D eigenvalue weighted by Crippen LogP contribution is -2.30. The number of nitrogens with one attached hydrogen (secondary N) is 1. The van der Waals surface area contributed by atoms with E-state index in [2.05, 4.69) is 0 Å². The minimum atomic E-state index is -0.877. The molecule has 2 aromatic rings. The predicted octanol–water partition coefficient (Wildman–Crippen LogP) is 1.51. The van der Waals surface area contributed by atoms with Crippen molar-refractivity contribution in [3.05, 3.63) is 57.8 Å². The van der Waals surface area contributed by atoms with Crippen molar-refractivity contribution >= 4 is 11.6 Å². The molecule has 9 heteroatoms. The SMILES string of the molecule is NNC(=O)c1occc1COc1ccc([N+](=O)[O-])cc1F. The zero-order valence-corrected chi connectivity index (χ0v) is 10.5. The summed E-state index contributed by atoms with van der Waals surface area (Å²) in [7, 11) is 0. The first-order chi connectivity index (χ1) is 10.0. The van der Waals surface area contributed by atoms with E-state index in [4.69, 9.17) is 15.0 Å². The molecular formula is C12H10FN3O5. The first-order valence-electron chi connectivity index (χ1n) is 5.67. The first-order valence-corrected chi connectivity index (χ1v) is 5.67. The third-order valence-corrected chi connectivity index (χ3v) is 2.59. The van der Waals surface area contributed by atoms with Gasteiger partial charge in [-0.2, -0.15) is 0 Å². The molecule has 0 atom stereocenters. The number of rotatable bonds is 5. The molecule has 1 aromatic carbocycles. The van der Waals surface area contributed by atoms with Gasteiger partial charge in [-0.1, -0.05) is 0 Å². The molecule has 1 amide bonds. The highest BCUT2D eigenvalue weighted by atomic mass is 19.1. The minimum absolute atomic E-state index is 0.0557. The van der Waals surface area contributed by atoms with Crippen molar-refractivity contribution in [2.75, 3.05) is 0 Å². The quantitative estimate of drug-likeness (QED) is 0.373. The summed E-state index contributed by atoms with van der Waals surface area (Å²) in [4.78, 5) is 21.1. The zero-order chi connectivity index (χ0) is 15.4. The topological polar surface area (TPSA) is 121 Å². The lowest BCUT2D eigenvalue weighted by Gasteiger charge is -2.06. The number of furan rings is 1. The summed E-state index contributed by atoms with van der Waals surface area (Å²) in [6.07, 6.45) is 1.26. The van der Waals surface area contributed by atoms with Crippen molar-refractivity contribution in [3.63, 3.8) is 0 Å². The van der Waals surface area contributed by atoms with Crippen LogP contribution >= 0.6 is 0 Å². The van der Waals surface area contributed by atoms with Crippen molar-refractivity contribution in [1.29, 1.82) is 0 Å². The third-order valence-electron chi connectivity index (χ3n) is 2.59. The summed E-state index contributed by atoms with van der Waals surface area (Å²) in [5.74, 6) is 3.22. The van der Waals surface area contributed by atoms with Crippen LogP contribution in [-0.4, -0.2) is 10.8 Å². The average Bonchev–Trinajstić information content (AvgIpc) is 2.93. The molecule has 0 unspecified atom stereocenters. The van der Waals surface area contributed by atoms with E-state index in [-0.39, 0.29) is 23.8 Å². The van der Waals surface area contributed by atoms with Crippen LogP contribution in [0.25, 0.3) is 0 Å². The number of nitro benzene ring substituents is 1. The van der Waals surface area contributed by atoms with E-state index in [0.717, 1.165) is 18.2 Å². The molecule has 1 heterocycles. The Bertz CT molecular complexity index is 685. The maximum absolute atomic E-state index is 13.6. The van der Waals surface area contributed by atoms with E-state index in [1.807, 2.05) is 5.43 Å². The van der Waals surface area contributed by atoms with Crippen molar-refractivity contribution in [2.24, 2.45) is 5.84 Å². The van der Waals surface area contributed by atoms with Crippen LogP contribution in [0.2, 0.25) is 0 Å². The van der Waals surface area contributed by atoms with Crippen LogP contribution in [0.5, 0.6) is 5.75 Å². The van der Waals surface area contributed by atoms with Gasteiger partial charge in [0.2, 0.25) is 0 Å². The number of halogens is 1. The van der Waals surface area contributed by atoms with E-state index in [1.54, 1.807) is 0 Å². The summed E-state index contributed by atoms with van der Waals surface area (Å²) in [5, 5.41) is 10.5. The van der Waals surface area contributed by atoms with Crippen molar-refractivity contribution in [3.8, 4) is 5.75 Å². The number of benzene rings is 1. The third kappa shape index (κ3) is 3.15. The fraction of sp³-hybridized carbons (Fsp3) is 0.0833. The Kier molecular flexibility index (Phi) is 4.14. The van der Waals surface area contributed by atoms with Crippen molar-refractivity contribution in [2.45, 2.75) is 6.61 Å². The zero-order valence-electron chi connectivity index (χ0n) is 10.5. The van der Waals surface area contributed by atoms with Gasteiger partial charge in [-0.3, -0.25) is 20.3 Å². The van der Waals surface area contributed by atoms with Gasteiger partial charge in [0.25, 0.3) is 5.69 Å². The van der Waals surface area contributed by atoms with Gasteiger partial charge in [0, 0.05) is 11.6 Å². The van der Waals surface area contributed by atoms with Crippen LogP contribution in [0.1, 0.15) is 16.1 Å². The average molecular weight is 295 g/mol. The van der Waals surface area contributed by atoms with E-state index >= 15 is 0 Å². The summed E-state index contributed by atoms with van der Waals surface area (Å²) < 4.78 is 23.7. The highest BCUT2D eigenvalue weighted by molar-refractivity contribution is 5.92. The van der Waals surface area contributed by atoms with Crippen molar-refractivity contribution < 1.29 is 23.3 Å². The number of carbonyl (C=O) groups is 1. The van der Waals surface area contributed by atoms with E-state index in [1.165, 1.54) is 12.3 Å². The van der Waals surface area contributed by atoms with Gasteiger partial charge in [-0.25, -0.2) is 10.2 Å². The summed E-state index contributed by atoms with van der Waals surface area (Å²) in [6, 6.07) is 4.46. The van der Waals surface area contributed by atoms with Crippen molar-refractivity contribution in [1.82, 2.24) is 5.43 Å². The number of ether oxygens (including phenoxy) is 1. The van der Waals surface area contributed by atoms with Crippen LogP contribution in [0, 0.1) is 15.9 Å². The van der Waals surface area contributed by atoms with E-state index < -0.39 is 16.6 Å². The molecule has 0 saturated carbocycles. The molecule has 0 saturated heterocycles. The standard InChI is InChI=1S/C12H10FN3O5/c13-9-5-8(16(18)19)1-2-10(9)21-6-7-3-4-20-11(7)12(17)15-14/h1-5H,6,14H2,(H,15,17). The Labute approximate surface area is 117 Å². The largest absolute Gasteiger partial charge is 0.486 e. The number of hydrogen-bond acceptors (Lipinski definition) is 6. The number of nitrogens with zero attached hydrogens (tertiary/aromatic N) is 1. The number of amides is 1. The molecule has 0 fully saturated rings. The molecule has 0 aliphatic carbocycles. The smallest absolute Gasteiger partial charge is 0.301 e. The fourth-order valence-electron chi connectivity index (χ4n) is 1.59. The Balaban J connectivity index is 2.12. The maximum atomic E-state index is 13.6. The van der Waals surface area contributed by atoms with Gasteiger partial charge in [0.05, 0.1) is 17.3 Å². The second-order valence-corrected chi connectivity index (χ2v) is 3.91. The number of hydrazine groups is 1. The Morgan fingerprint density at radius 1 is 1.48 bits per heavy atom. The number of nitro groups is 1. The maximum Gasteiger partial charge on any atom is 0.301 e. The molecule has 8 nitrogen and oxygen atoms in total. The van der Waals surface area contributed by atoms with Crippen LogP contribution in [-0.2, 0) is 6.61 Å². The molecule has 2 rings (SSSR count). The number of nitrogen functional groups attached to an aromatic ring is 1. The summed E-state index contributed by atoms with van der Waals surface area (Å²) >= 11 is 0. The van der Waals surface area contributed by atoms with Gasteiger partial charge < -0.3 is 9.15 Å². The molecule has 0 spiro atoms. The highest BCUT2D eigenvalue weighted by Gasteiger charge is 2.16. The molecule has 21 heavy (non-hydrogen) atoms. The fourth-order valence-corrected chi connectivity index (χ4v) is 1.59.